The van der Waals surface area contributed by atoms with Crippen molar-refractivity contribution in [2.75, 3.05) is 5.32 Å². The Hall–Kier alpha value is -2.15. The lowest BCUT2D eigenvalue weighted by Crippen LogP contribution is -2.24. The van der Waals surface area contributed by atoms with Crippen LogP contribution < -0.4 is 10.9 Å². The first-order valence-corrected chi connectivity index (χ1v) is 6.76. The predicted molar refractivity (Wildman–Crippen MR) is 80.8 cm³/mol. The second-order valence-electron chi connectivity index (χ2n) is 4.51. The smallest absolute Gasteiger partial charge is 0.339 e. The average Bonchev–Trinajstić information content (AvgIpc) is 2.41. The summed E-state index contributed by atoms with van der Waals surface area (Å²) in [5.41, 5.74) is -0.0618. The normalized spacial score (nSPS) is 10.5. The van der Waals surface area contributed by atoms with Crippen molar-refractivity contribution in [2.45, 2.75) is 6.92 Å². The van der Waals surface area contributed by atoms with Gasteiger partial charge in [-0.2, -0.15) is 0 Å². The number of pyridine rings is 1. The van der Waals surface area contributed by atoms with Gasteiger partial charge in [0.25, 0.3) is 5.56 Å². The largest absolute Gasteiger partial charge is 0.478 e. The molecule has 2 rings (SSSR count). The molecule has 1 aromatic heterocycles. The zero-order chi connectivity index (χ0) is 15.7. The van der Waals surface area contributed by atoms with Crippen LogP contribution in [0.1, 0.15) is 15.9 Å². The van der Waals surface area contributed by atoms with Gasteiger partial charge in [-0.25, -0.2) is 9.18 Å². The van der Waals surface area contributed by atoms with Crippen molar-refractivity contribution in [3.63, 3.8) is 0 Å². The van der Waals surface area contributed by atoms with Crippen LogP contribution in [0.15, 0.2) is 33.5 Å². The lowest BCUT2D eigenvalue weighted by molar-refractivity contribution is 0.0697. The summed E-state index contributed by atoms with van der Waals surface area (Å²) < 4.78 is 15.6. The van der Waals surface area contributed by atoms with Gasteiger partial charge in [0.15, 0.2) is 0 Å². The summed E-state index contributed by atoms with van der Waals surface area (Å²) in [6.07, 6.45) is 0. The van der Waals surface area contributed by atoms with E-state index in [-0.39, 0.29) is 22.6 Å². The fourth-order valence-electron chi connectivity index (χ4n) is 1.93. The fourth-order valence-corrected chi connectivity index (χ4v) is 2.26. The van der Waals surface area contributed by atoms with Crippen LogP contribution in [0.3, 0.4) is 0 Å². The number of carboxylic acid groups (broad SMARTS) is 1. The molecule has 0 bridgehead atoms. The number of halogens is 2. The number of hydrogen-bond acceptors (Lipinski definition) is 3. The molecule has 1 heterocycles. The second kappa shape index (κ2) is 5.69. The van der Waals surface area contributed by atoms with Gasteiger partial charge in [-0.3, -0.25) is 9.36 Å². The third-order valence-corrected chi connectivity index (χ3v) is 3.50. The highest BCUT2D eigenvalue weighted by Gasteiger charge is 2.17. The van der Waals surface area contributed by atoms with E-state index < -0.39 is 11.8 Å². The molecule has 110 valence electrons. The van der Waals surface area contributed by atoms with Crippen molar-refractivity contribution >= 4 is 33.4 Å². The fraction of sp³-hybridized carbons (Fsp3) is 0.143. The minimum absolute atomic E-state index is 0.0272. The van der Waals surface area contributed by atoms with Crippen LogP contribution in [0.4, 0.5) is 15.9 Å². The van der Waals surface area contributed by atoms with Crippen LogP contribution >= 0.6 is 15.9 Å². The van der Waals surface area contributed by atoms with E-state index in [1.165, 1.54) is 32.2 Å². The molecule has 0 radical (unpaired) electrons. The van der Waals surface area contributed by atoms with Gasteiger partial charge in [-0.05, 0) is 31.2 Å². The molecule has 0 saturated carbocycles. The first-order chi connectivity index (χ1) is 9.81. The zero-order valence-electron chi connectivity index (χ0n) is 11.3. The first kappa shape index (κ1) is 15.2. The molecule has 0 spiro atoms. The Morgan fingerprint density at radius 3 is 2.62 bits per heavy atom. The molecule has 2 N–H and O–H groups in total. The van der Waals surface area contributed by atoms with Crippen molar-refractivity contribution in [1.29, 1.82) is 0 Å². The van der Waals surface area contributed by atoms with Crippen LogP contribution in [-0.2, 0) is 7.05 Å². The van der Waals surface area contributed by atoms with Gasteiger partial charge in [0.2, 0.25) is 0 Å². The van der Waals surface area contributed by atoms with Gasteiger partial charge in [0.05, 0.1) is 5.69 Å². The number of anilines is 2. The molecule has 21 heavy (non-hydrogen) atoms. The molecule has 7 heteroatoms. The molecule has 1 aromatic carbocycles. The van der Waals surface area contributed by atoms with E-state index in [1.54, 1.807) is 6.07 Å². The lowest BCUT2D eigenvalue weighted by atomic mass is 10.2. The van der Waals surface area contributed by atoms with Crippen molar-refractivity contribution < 1.29 is 14.3 Å². The van der Waals surface area contributed by atoms with Crippen molar-refractivity contribution in [3.05, 3.63) is 56.0 Å². The Balaban J connectivity index is 2.60. The summed E-state index contributed by atoms with van der Waals surface area (Å²) in [6, 6.07) is 5.58. The molecule has 0 unspecified atom stereocenters. The second-order valence-corrected chi connectivity index (χ2v) is 5.42. The molecule has 0 fully saturated rings. The standard InChI is InChI=1S/C14H12BrFN2O3/c1-7-5-9(14(20)21)12(18(2)13(7)19)17-11-4-3-8(15)6-10(11)16/h3-6,17H,1-2H3,(H,20,21). The predicted octanol–water partition coefficient (Wildman–Crippen LogP) is 3.04. The number of nitrogens with one attached hydrogen (secondary N) is 1. The van der Waals surface area contributed by atoms with E-state index in [2.05, 4.69) is 21.2 Å². The van der Waals surface area contributed by atoms with Gasteiger partial charge in [0.1, 0.15) is 17.2 Å². The van der Waals surface area contributed by atoms with Crippen LogP contribution in [0, 0.1) is 12.7 Å². The van der Waals surface area contributed by atoms with E-state index >= 15 is 0 Å². The highest BCUT2D eigenvalue weighted by atomic mass is 79.9. The lowest BCUT2D eigenvalue weighted by Gasteiger charge is -2.15. The Kier molecular flexibility index (Phi) is 4.13. The van der Waals surface area contributed by atoms with Crippen molar-refractivity contribution in [2.24, 2.45) is 7.05 Å². The van der Waals surface area contributed by atoms with Gasteiger partial charge in [-0.15, -0.1) is 0 Å². The van der Waals surface area contributed by atoms with E-state index in [0.29, 0.717) is 10.0 Å². The molecular weight excluding hydrogens is 343 g/mol. The summed E-state index contributed by atoms with van der Waals surface area (Å²) in [6.45, 7) is 1.53. The maximum atomic E-state index is 13.9. The van der Waals surface area contributed by atoms with Gasteiger partial charge in [-0.1, -0.05) is 15.9 Å². The number of nitrogens with zero attached hydrogens (tertiary/aromatic N) is 1. The van der Waals surface area contributed by atoms with Gasteiger partial charge >= 0.3 is 5.97 Å². The Morgan fingerprint density at radius 2 is 2.05 bits per heavy atom. The maximum absolute atomic E-state index is 13.9. The van der Waals surface area contributed by atoms with E-state index in [9.17, 15) is 19.1 Å². The highest BCUT2D eigenvalue weighted by Crippen LogP contribution is 2.24. The van der Waals surface area contributed by atoms with Gasteiger partial charge < -0.3 is 10.4 Å². The Morgan fingerprint density at radius 1 is 1.38 bits per heavy atom. The summed E-state index contributed by atoms with van der Waals surface area (Å²) in [4.78, 5) is 23.2. The van der Waals surface area contributed by atoms with Gasteiger partial charge in [0, 0.05) is 17.1 Å². The van der Waals surface area contributed by atoms with E-state index in [1.807, 2.05) is 0 Å². The first-order valence-electron chi connectivity index (χ1n) is 5.97. The Labute approximate surface area is 128 Å². The highest BCUT2D eigenvalue weighted by molar-refractivity contribution is 9.10. The molecule has 0 amide bonds. The SMILES string of the molecule is Cc1cc(C(=O)O)c(Nc2ccc(Br)cc2F)n(C)c1=O. The van der Waals surface area contributed by atoms with Crippen LogP contribution in [0.25, 0.3) is 0 Å². The zero-order valence-corrected chi connectivity index (χ0v) is 12.9. The third kappa shape index (κ3) is 2.97. The number of aryl methyl sites for hydroxylation is 1. The van der Waals surface area contributed by atoms with Crippen molar-refractivity contribution in [1.82, 2.24) is 4.57 Å². The van der Waals surface area contributed by atoms with E-state index in [0.717, 1.165) is 4.57 Å². The molecule has 0 aliphatic rings. The number of benzene rings is 1. The number of carbonyl (C=O) groups is 1. The maximum Gasteiger partial charge on any atom is 0.339 e. The monoisotopic (exact) mass is 354 g/mol. The molecule has 5 nitrogen and oxygen atoms in total. The molecule has 0 saturated heterocycles. The molecular formula is C14H12BrFN2O3. The Bertz CT molecular complexity index is 787. The molecule has 2 aromatic rings. The topological polar surface area (TPSA) is 71.3 Å². The quantitative estimate of drug-likeness (QED) is 0.888. The summed E-state index contributed by atoms with van der Waals surface area (Å²) in [5.74, 6) is -1.73. The van der Waals surface area contributed by atoms with Crippen molar-refractivity contribution in [3.8, 4) is 0 Å². The number of carboxylic acids is 1. The summed E-state index contributed by atoms with van der Waals surface area (Å²) >= 11 is 3.14. The van der Waals surface area contributed by atoms with Crippen LogP contribution in [0.5, 0.6) is 0 Å². The summed E-state index contributed by atoms with van der Waals surface area (Å²) in [5, 5.41) is 11.9. The minimum Gasteiger partial charge on any atom is -0.478 e. The third-order valence-electron chi connectivity index (χ3n) is 3.01. The number of aromatic nitrogens is 1. The number of aromatic carboxylic acids is 1. The average molecular weight is 355 g/mol. The molecule has 0 atom stereocenters. The molecule has 0 aliphatic carbocycles. The number of hydrogen-bond donors (Lipinski definition) is 2. The summed E-state index contributed by atoms with van der Waals surface area (Å²) in [7, 11) is 1.43. The number of rotatable bonds is 3. The van der Waals surface area contributed by atoms with Crippen LogP contribution in [0.2, 0.25) is 0 Å². The minimum atomic E-state index is -1.20. The van der Waals surface area contributed by atoms with E-state index in [4.69, 9.17) is 0 Å². The van der Waals surface area contributed by atoms with Crippen LogP contribution in [-0.4, -0.2) is 15.6 Å². The molecule has 0 aliphatic heterocycles.